The Morgan fingerprint density at radius 1 is 1.30 bits per heavy atom. The second-order valence-electron chi connectivity index (χ2n) is 6.76. The van der Waals surface area contributed by atoms with Crippen molar-refractivity contribution in [2.75, 3.05) is 0 Å². The van der Waals surface area contributed by atoms with Crippen molar-refractivity contribution in [3.63, 3.8) is 0 Å². The molecule has 2 aliphatic carbocycles. The summed E-state index contributed by atoms with van der Waals surface area (Å²) in [6.45, 7) is 2.09. The molecule has 0 amide bonds. The van der Waals surface area contributed by atoms with E-state index in [2.05, 4.69) is 24.0 Å². The number of benzene rings is 1. The Kier molecular flexibility index (Phi) is 2.73. The van der Waals surface area contributed by atoms with E-state index in [9.17, 15) is 4.79 Å². The van der Waals surface area contributed by atoms with Gasteiger partial charge in [-0.15, -0.1) is 0 Å². The highest BCUT2D eigenvalue weighted by atomic mass is 16.1. The highest BCUT2D eigenvalue weighted by molar-refractivity contribution is 6.09. The van der Waals surface area contributed by atoms with Crippen LogP contribution < -0.4 is 0 Å². The number of ketones is 1. The summed E-state index contributed by atoms with van der Waals surface area (Å²) in [5, 5.41) is 1.13. The van der Waals surface area contributed by atoms with E-state index >= 15 is 0 Å². The molecule has 2 fully saturated rings. The van der Waals surface area contributed by atoms with Gasteiger partial charge in [-0.2, -0.15) is 0 Å². The number of hydrogen-bond acceptors (Lipinski definition) is 1. The SMILES string of the molecule is Cc1cccc2[nH]cc(C(=O)CC3CC4CCC3C4)c12. The molecule has 3 unspecified atom stereocenters. The van der Waals surface area contributed by atoms with Crippen molar-refractivity contribution >= 4 is 16.7 Å². The minimum absolute atomic E-state index is 0.336. The Labute approximate surface area is 119 Å². The van der Waals surface area contributed by atoms with Crippen molar-refractivity contribution in [1.82, 2.24) is 4.98 Å². The summed E-state index contributed by atoms with van der Waals surface area (Å²) >= 11 is 0. The van der Waals surface area contributed by atoms with E-state index in [4.69, 9.17) is 0 Å². The minimum atomic E-state index is 0.336. The number of carbonyl (C=O) groups is 1. The van der Waals surface area contributed by atoms with Crippen molar-refractivity contribution < 1.29 is 4.79 Å². The van der Waals surface area contributed by atoms with Gasteiger partial charge in [0.25, 0.3) is 0 Å². The summed E-state index contributed by atoms with van der Waals surface area (Å²) in [4.78, 5) is 15.9. The van der Waals surface area contributed by atoms with Crippen molar-refractivity contribution in [1.29, 1.82) is 0 Å². The van der Waals surface area contributed by atoms with E-state index < -0.39 is 0 Å². The summed E-state index contributed by atoms with van der Waals surface area (Å²) in [6, 6.07) is 6.18. The third-order valence-corrected chi connectivity index (χ3v) is 5.55. The van der Waals surface area contributed by atoms with Crippen LogP contribution in [0.4, 0.5) is 0 Å². The Balaban J connectivity index is 1.61. The molecule has 4 rings (SSSR count). The van der Waals surface area contributed by atoms with Crippen LogP contribution in [0.2, 0.25) is 0 Å². The van der Waals surface area contributed by atoms with Gasteiger partial charge in [-0.05, 0) is 55.6 Å². The molecule has 0 spiro atoms. The second-order valence-corrected chi connectivity index (χ2v) is 6.76. The molecule has 0 aliphatic heterocycles. The van der Waals surface area contributed by atoms with Crippen LogP contribution in [0.25, 0.3) is 10.9 Å². The number of carbonyl (C=O) groups excluding carboxylic acids is 1. The average molecular weight is 267 g/mol. The first kappa shape index (κ1) is 12.2. The van der Waals surface area contributed by atoms with Crippen LogP contribution in [0.1, 0.15) is 48.0 Å². The number of aromatic amines is 1. The molecule has 0 saturated heterocycles. The number of nitrogens with one attached hydrogen (secondary N) is 1. The molecule has 20 heavy (non-hydrogen) atoms. The lowest BCUT2D eigenvalue weighted by Crippen LogP contribution is -2.15. The quantitative estimate of drug-likeness (QED) is 0.817. The fourth-order valence-corrected chi connectivity index (χ4v) is 4.56. The maximum absolute atomic E-state index is 12.7. The zero-order valence-corrected chi connectivity index (χ0v) is 12.0. The predicted molar refractivity (Wildman–Crippen MR) is 80.9 cm³/mol. The molecule has 1 heterocycles. The smallest absolute Gasteiger partial charge is 0.165 e. The van der Waals surface area contributed by atoms with Crippen LogP contribution in [0, 0.1) is 24.7 Å². The van der Waals surface area contributed by atoms with Crippen molar-refractivity contribution in [2.24, 2.45) is 17.8 Å². The van der Waals surface area contributed by atoms with Gasteiger partial charge in [0.2, 0.25) is 0 Å². The average Bonchev–Trinajstić information content (AvgIpc) is 3.12. The summed E-state index contributed by atoms with van der Waals surface area (Å²) in [7, 11) is 0. The molecule has 2 aromatic rings. The van der Waals surface area contributed by atoms with E-state index in [1.807, 2.05) is 12.3 Å². The van der Waals surface area contributed by atoms with Crippen molar-refractivity contribution in [3.05, 3.63) is 35.5 Å². The van der Waals surface area contributed by atoms with Gasteiger partial charge in [-0.1, -0.05) is 18.6 Å². The minimum Gasteiger partial charge on any atom is -0.360 e. The molecule has 104 valence electrons. The van der Waals surface area contributed by atoms with Crippen molar-refractivity contribution in [3.8, 4) is 0 Å². The molecule has 1 N–H and O–H groups in total. The van der Waals surface area contributed by atoms with Crippen LogP contribution in [0.15, 0.2) is 24.4 Å². The lowest BCUT2D eigenvalue weighted by atomic mass is 9.84. The maximum Gasteiger partial charge on any atom is 0.165 e. The van der Waals surface area contributed by atoms with E-state index in [1.54, 1.807) is 0 Å². The highest BCUT2D eigenvalue weighted by Gasteiger charge is 2.40. The fourth-order valence-electron chi connectivity index (χ4n) is 4.56. The summed E-state index contributed by atoms with van der Waals surface area (Å²) in [5.41, 5.74) is 3.18. The number of aryl methyl sites for hydroxylation is 1. The van der Waals surface area contributed by atoms with E-state index in [-0.39, 0.29) is 0 Å². The second kappa shape index (κ2) is 4.47. The third kappa shape index (κ3) is 1.81. The van der Waals surface area contributed by atoms with Gasteiger partial charge in [0, 0.05) is 29.1 Å². The van der Waals surface area contributed by atoms with Crippen LogP contribution >= 0.6 is 0 Å². The number of fused-ring (bicyclic) bond motifs is 3. The Morgan fingerprint density at radius 2 is 2.20 bits per heavy atom. The molecule has 1 aromatic heterocycles. The van der Waals surface area contributed by atoms with Gasteiger partial charge in [0.15, 0.2) is 5.78 Å². The maximum atomic E-state index is 12.7. The predicted octanol–water partition coefficient (Wildman–Crippen LogP) is 4.49. The largest absolute Gasteiger partial charge is 0.360 e. The molecule has 2 saturated carbocycles. The summed E-state index contributed by atoms with van der Waals surface area (Å²) < 4.78 is 0. The van der Waals surface area contributed by atoms with Gasteiger partial charge in [-0.25, -0.2) is 0 Å². The first-order valence-corrected chi connectivity index (χ1v) is 7.82. The molecule has 3 atom stereocenters. The van der Waals surface area contributed by atoms with E-state index in [0.717, 1.165) is 34.7 Å². The van der Waals surface area contributed by atoms with E-state index in [1.165, 1.54) is 31.2 Å². The van der Waals surface area contributed by atoms with Crippen LogP contribution in [0.5, 0.6) is 0 Å². The molecule has 2 bridgehead atoms. The lowest BCUT2D eigenvalue weighted by Gasteiger charge is -2.20. The highest BCUT2D eigenvalue weighted by Crippen LogP contribution is 2.49. The van der Waals surface area contributed by atoms with Gasteiger partial charge < -0.3 is 4.98 Å². The fraction of sp³-hybridized carbons (Fsp3) is 0.500. The Morgan fingerprint density at radius 3 is 2.95 bits per heavy atom. The normalized spacial score (nSPS) is 28.4. The van der Waals surface area contributed by atoms with Gasteiger partial charge in [0.1, 0.15) is 0 Å². The zero-order chi connectivity index (χ0) is 13.7. The van der Waals surface area contributed by atoms with Crippen LogP contribution in [0.3, 0.4) is 0 Å². The number of H-pyrrole nitrogens is 1. The topological polar surface area (TPSA) is 32.9 Å². The lowest BCUT2D eigenvalue weighted by molar-refractivity contribution is 0.0946. The number of hydrogen-bond donors (Lipinski definition) is 1. The molecule has 2 heteroatoms. The summed E-state index contributed by atoms with van der Waals surface area (Å²) in [5.74, 6) is 2.73. The van der Waals surface area contributed by atoms with Crippen molar-refractivity contribution in [2.45, 2.75) is 39.0 Å². The molecule has 0 radical (unpaired) electrons. The number of Topliss-reactive ketones (excluding diaryl/α,β-unsaturated/α-hetero) is 1. The monoisotopic (exact) mass is 267 g/mol. The first-order valence-electron chi connectivity index (χ1n) is 7.82. The van der Waals surface area contributed by atoms with E-state index in [0.29, 0.717) is 11.7 Å². The standard InChI is InChI=1S/C18H21NO/c1-11-3-2-4-16-18(11)15(10-19-16)17(20)9-14-8-12-5-6-13(14)7-12/h2-4,10,12-14,19H,5-9H2,1H3. The van der Waals surface area contributed by atoms with Gasteiger partial charge >= 0.3 is 0 Å². The molecule has 2 nitrogen and oxygen atoms in total. The van der Waals surface area contributed by atoms with Gasteiger partial charge in [-0.3, -0.25) is 4.79 Å². The van der Waals surface area contributed by atoms with Gasteiger partial charge in [0.05, 0.1) is 0 Å². The Bertz CT molecular complexity index is 669. The number of rotatable bonds is 3. The third-order valence-electron chi connectivity index (χ3n) is 5.55. The Hall–Kier alpha value is -1.57. The van der Waals surface area contributed by atoms with Crippen LogP contribution in [-0.4, -0.2) is 10.8 Å². The molecule has 2 aliphatic rings. The first-order chi connectivity index (χ1) is 9.72. The van der Waals surface area contributed by atoms with Crippen LogP contribution in [-0.2, 0) is 0 Å². The summed E-state index contributed by atoms with van der Waals surface area (Å²) in [6.07, 6.45) is 8.09. The molecule has 1 aromatic carbocycles. The molecular weight excluding hydrogens is 246 g/mol. The molecular formula is C18H21NO. The number of aromatic nitrogens is 1. The zero-order valence-electron chi connectivity index (χ0n) is 12.0.